The molecule has 0 atom stereocenters. The van der Waals surface area contributed by atoms with Crippen molar-refractivity contribution in [1.29, 1.82) is 0 Å². The molecule has 0 aliphatic carbocycles. The Labute approximate surface area is 128 Å². The number of benzene rings is 2. The Balaban J connectivity index is 1.90. The van der Waals surface area contributed by atoms with E-state index in [1.54, 1.807) is 30.3 Å². The Bertz CT molecular complexity index is 616. The molecule has 2 rings (SSSR count). The van der Waals surface area contributed by atoms with Crippen LogP contribution in [0.25, 0.3) is 0 Å². The van der Waals surface area contributed by atoms with Crippen molar-refractivity contribution in [2.24, 2.45) is 0 Å². The highest BCUT2D eigenvalue weighted by molar-refractivity contribution is 9.10. The largest absolute Gasteiger partial charge is 0.482 e. The topological polar surface area (TPSA) is 35.5 Å². The summed E-state index contributed by atoms with van der Waals surface area (Å²) >= 11 is 8.83. The molecule has 0 amide bonds. The van der Waals surface area contributed by atoms with E-state index in [4.69, 9.17) is 21.1 Å². The summed E-state index contributed by atoms with van der Waals surface area (Å²) < 4.78 is 24.1. The van der Waals surface area contributed by atoms with Gasteiger partial charge in [-0.05, 0) is 42.5 Å². The molecule has 0 fully saturated rings. The van der Waals surface area contributed by atoms with Crippen molar-refractivity contribution in [3.8, 4) is 11.5 Å². The van der Waals surface area contributed by atoms with Crippen LogP contribution in [0.4, 0.5) is 4.39 Å². The standard InChI is InChI=1S/C14H9BrClFO3/c15-9-1-6-13(12(17)7-9)20-14(18)8-19-11-4-2-10(16)3-5-11/h1-7H,8H2. The zero-order valence-electron chi connectivity index (χ0n) is 10.1. The molecule has 3 nitrogen and oxygen atoms in total. The van der Waals surface area contributed by atoms with Crippen molar-refractivity contribution in [2.45, 2.75) is 0 Å². The van der Waals surface area contributed by atoms with E-state index in [-0.39, 0.29) is 12.4 Å². The van der Waals surface area contributed by atoms with Crippen molar-refractivity contribution in [1.82, 2.24) is 0 Å². The van der Waals surface area contributed by atoms with Crippen LogP contribution in [0.3, 0.4) is 0 Å². The quantitative estimate of drug-likeness (QED) is 0.605. The first kappa shape index (κ1) is 14.8. The average molecular weight is 360 g/mol. The molecule has 0 radical (unpaired) electrons. The fraction of sp³-hybridized carbons (Fsp3) is 0.0714. The van der Waals surface area contributed by atoms with Crippen LogP contribution >= 0.6 is 27.5 Å². The summed E-state index contributed by atoms with van der Waals surface area (Å²) in [6.07, 6.45) is 0. The van der Waals surface area contributed by atoms with Gasteiger partial charge in [-0.2, -0.15) is 0 Å². The molecule has 104 valence electrons. The average Bonchev–Trinajstić information content (AvgIpc) is 2.41. The van der Waals surface area contributed by atoms with Crippen LogP contribution in [0.15, 0.2) is 46.9 Å². The van der Waals surface area contributed by atoms with Gasteiger partial charge in [0.2, 0.25) is 0 Å². The van der Waals surface area contributed by atoms with Crippen LogP contribution in [0.5, 0.6) is 11.5 Å². The van der Waals surface area contributed by atoms with Crippen LogP contribution in [-0.2, 0) is 4.79 Å². The fourth-order valence-electron chi connectivity index (χ4n) is 1.38. The summed E-state index contributed by atoms with van der Waals surface area (Å²) in [5, 5.41) is 0.567. The zero-order valence-corrected chi connectivity index (χ0v) is 12.4. The number of esters is 1. The third kappa shape index (κ3) is 4.21. The van der Waals surface area contributed by atoms with E-state index in [2.05, 4.69) is 15.9 Å². The summed E-state index contributed by atoms with van der Waals surface area (Å²) in [6.45, 7) is -0.322. The number of rotatable bonds is 4. The van der Waals surface area contributed by atoms with Gasteiger partial charge in [0.1, 0.15) is 5.75 Å². The summed E-state index contributed by atoms with van der Waals surface area (Å²) in [4.78, 5) is 11.5. The Hall–Kier alpha value is -1.59. The molecule has 0 saturated carbocycles. The number of ether oxygens (including phenoxy) is 2. The fourth-order valence-corrected chi connectivity index (χ4v) is 1.84. The minimum absolute atomic E-state index is 0.141. The summed E-state index contributed by atoms with van der Waals surface area (Å²) in [6, 6.07) is 10.7. The summed E-state index contributed by atoms with van der Waals surface area (Å²) in [5.41, 5.74) is 0. The normalized spacial score (nSPS) is 10.2. The highest BCUT2D eigenvalue weighted by atomic mass is 79.9. The Morgan fingerprint density at radius 1 is 1.20 bits per heavy atom. The maximum atomic E-state index is 13.5. The number of carbonyl (C=O) groups excluding carboxylic acids is 1. The third-order valence-corrected chi connectivity index (χ3v) is 3.03. The lowest BCUT2D eigenvalue weighted by molar-refractivity contribution is -0.136. The van der Waals surface area contributed by atoms with Gasteiger partial charge in [-0.3, -0.25) is 0 Å². The first-order chi connectivity index (χ1) is 9.54. The second-order valence-electron chi connectivity index (χ2n) is 3.79. The van der Waals surface area contributed by atoms with E-state index in [0.29, 0.717) is 15.2 Å². The Kier molecular flexibility index (Phi) is 4.98. The maximum Gasteiger partial charge on any atom is 0.349 e. The van der Waals surface area contributed by atoms with E-state index < -0.39 is 11.8 Å². The van der Waals surface area contributed by atoms with Crippen LogP contribution in [0.2, 0.25) is 5.02 Å². The first-order valence-electron chi connectivity index (χ1n) is 5.59. The Morgan fingerprint density at radius 3 is 2.55 bits per heavy atom. The number of halogens is 3. The van der Waals surface area contributed by atoms with Gasteiger partial charge in [-0.1, -0.05) is 27.5 Å². The SMILES string of the molecule is O=C(COc1ccc(Cl)cc1)Oc1ccc(Br)cc1F. The minimum atomic E-state index is -0.693. The molecule has 0 unspecified atom stereocenters. The smallest absolute Gasteiger partial charge is 0.349 e. The summed E-state index contributed by atoms with van der Waals surface area (Å²) in [5.74, 6) is -0.985. The van der Waals surface area contributed by atoms with Crippen LogP contribution in [0, 0.1) is 5.82 Å². The van der Waals surface area contributed by atoms with Crippen molar-refractivity contribution in [3.63, 3.8) is 0 Å². The predicted molar refractivity (Wildman–Crippen MR) is 76.7 cm³/mol. The molecule has 6 heteroatoms. The molecule has 2 aromatic rings. The monoisotopic (exact) mass is 358 g/mol. The maximum absolute atomic E-state index is 13.5. The highest BCUT2D eigenvalue weighted by Crippen LogP contribution is 2.21. The van der Waals surface area contributed by atoms with Gasteiger partial charge in [0.15, 0.2) is 18.2 Å². The van der Waals surface area contributed by atoms with Gasteiger partial charge in [0, 0.05) is 9.50 Å². The lowest BCUT2D eigenvalue weighted by Crippen LogP contribution is -2.18. The van der Waals surface area contributed by atoms with Gasteiger partial charge < -0.3 is 9.47 Å². The molecule has 0 bridgehead atoms. The number of carbonyl (C=O) groups is 1. The van der Waals surface area contributed by atoms with Gasteiger partial charge in [-0.15, -0.1) is 0 Å². The first-order valence-corrected chi connectivity index (χ1v) is 6.76. The molecular weight excluding hydrogens is 351 g/mol. The van der Waals surface area contributed by atoms with Crippen molar-refractivity contribution in [2.75, 3.05) is 6.61 Å². The van der Waals surface area contributed by atoms with Gasteiger partial charge >= 0.3 is 5.97 Å². The van der Waals surface area contributed by atoms with Crippen molar-refractivity contribution >= 4 is 33.5 Å². The number of hydrogen-bond acceptors (Lipinski definition) is 3. The zero-order chi connectivity index (χ0) is 14.5. The molecule has 0 aromatic heterocycles. The number of hydrogen-bond donors (Lipinski definition) is 0. The lowest BCUT2D eigenvalue weighted by atomic mass is 10.3. The predicted octanol–water partition coefficient (Wildman–Crippen LogP) is 4.23. The molecule has 0 aliphatic rings. The molecule has 2 aromatic carbocycles. The van der Waals surface area contributed by atoms with Crippen LogP contribution in [-0.4, -0.2) is 12.6 Å². The van der Waals surface area contributed by atoms with Crippen LogP contribution < -0.4 is 9.47 Å². The Morgan fingerprint density at radius 2 is 1.90 bits per heavy atom. The van der Waals surface area contributed by atoms with Gasteiger partial charge in [0.25, 0.3) is 0 Å². The van der Waals surface area contributed by atoms with Gasteiger partial charge in [-0.25, -0.2) is 9.18 Å². The second kappa shape index (κ2) is 6.72. The molecule has 0 N–H and O–H groups in total. The molecule has 0 saturated heterocycles. The van der Waals surface area contributed by atoms with Crippen LogP contribution in [0.1, 0.15) is 0 Å². The lowest BCUT2D eigenvalue weighted by Gasteiger charge is -2.07. The second-order valence-corrected chi connectivity index (χ2v) is 5.14. The van der Waals surface area contributed by atoms with E-state index >= 15 is 0 Å². The minimum Gasteiger partial charge on any atom is -0.482 e. The van der Waals surface area contributed by atoms with E-state index in [0.717, 1.165) is 0 Å². The molecule has 0 aliphatic heterocycles. The highest BCUT2D eigenvalue weighted by Gasteiger charge is 2.10. The molecule has 0 spiro atoms. The summed E-state index contributed by atoms with van der Waals surface area (Å²) in [7, 11) is 0. The van der Waals surface area contributed by atoms with Crippen molar-refractivity contribution < 1.29 is 18.7 Å². The molecule has 0 heterocycles. The van der Waals surface area contributed by atoms with E-state index in [1.807, 2.05) is 0 Å². The van der Waals surface area contributed by atoms with Crippen molar-refractivity contribution in [3.05, 3.63) is 57.8 Å². The molecular formula is C14H9BrClFO3. The van der Waals surface area contributed by atoms with E-state index in [9.17, 15) is 9.18 Å². The van der Waals surface area contributed by atoms with Gasteiger partial charge in [0.05, 0.1) is 0 Å². The molecule has 20 heavy (non-hydrogen) atoms. The third-order valence-electron chi connectivity index (χ3n) is 2.29. The van der Waals surface area contributed by atoms with E-state index in [1.165, 1.54) is 12.1 Å².